The minimum absolute atomic E-state index is 0.207. The number of carbonyl (C=O) groups is 1. The third-order valence-corrected chi connectivity index (χ3v) is 7.84. The second-order valence-corrected chi connectivity index (χ2v) is 10.9. The van der Waals surface area contributed by atoms with Gasteiger partial charge in [-0.05, 0) is 60.4 Å². The van der Waals surface area contributed by atoms with E-state index in [1.807, 2.05) is 72.8 Å². The Kier molecular flexibility index (Phi) is 7.22. The second kappa shape index (κ2) is 10.9. The number of nitrogens with one attached hydrogen (secondary N) is 2. The molecule has 2 N–H and O–H groups in total. The third kappa shape index (κ3) is 5.61. The molecule has 0 spiro atoms. The van der Waals surface area contributed by atoms with E-state index in [4.69, 9.17) is 0 Å². The summed E-state index contributed by atoms with van der Waals surface area (Å²) in [7, 11) is 0. The summed E-state index contributed by atoms with van der Waals surface area (Å²) >= 11 is 4.51. The average Bonchev–Trinajstić information content (AvgIpc) is 3.50. The van der Waals surface area contributed by atoms with Crippen molar-refractivity contribution in [1.82, 2.24) is 25.4 Å². The summed E-state index contributed by atoms with van der Waals surface area (Å²) in [6.07, 6.45) is 5.65. The largest absolute Gasteiger partial charge is 0.296 e. The van der Waals surface area contributed by atoms with Crippen molar-refractivity contribution >= 4 is 69.0 Å². The molecular formula is C25H20N6OS3. The summed E-state index contributed by atoms with van der Waals surface area (Å²) in [5, 5.41) is 20.1. The number of aromatic nitrogens is 5. The summed E-state index contributed by atoms with van der Waals surface area (Å²) in [5.41, 5.74) is 3.23. The van der Waals surface area contributed by atoms with Crippen molar-refractivity contribution in [2.75, 3.05) is 11.1 Å². The number of amides is 1. The Hall–Kier alpha value is -3.47. The van der Waals surface area contributed by atoms with Crippen LogP contribution in [0.25, 0.3) is 23.1 Å². The second-order valence-electron chi connectivity index (χ2n) is 7.26. The van der Waals surface area contributed by atoms with Crippen LogP contribution in [0.1, 0.15) is 28.7 Å². The number of anilines is 1. The smallest absolute Gasteiger partial charge is 0.258 e. The van der Waals surface area contributed by atoms with Gasteiger partial charge >= 0.3 is 0 Å². The van der Waals surface area contributed by atoms with E-state index < -0.39 is 0 Å². The molecule has 5 rings (SSSR count). The predicted molar refractivity (Wildman–Crippen MR) is 144 cm³/mol. The first-order valence-corrected chi connectivity index (χ1v) is 13.4. The summed E-state index contributed by atoms with van der Waals surface area (Å²) in [4.78, 5) is 19.1. The minimum atomic E-state index is -0.207. The SMILES string of the molecule is CCSc1nnc(NC(=O)c2ccccc2Sc2ccc3c(/C=C/c4ccccn4)n[nH]c3c2)s1. The number of pyridine rings is 1. The fraction of sp³-hybridized carbons (Fsp3) is 0.0800. The number of carbonyl (C=O) groups excluding carboxylic acids is 1. The van der Waals surface area contributed by atoms with Gasteiger partial charge in [0.15, 0.2) is 4.34 Å². The lowest BCUT2D eigenvalue weighted by atomic mass is 10.2. The molecule has 2 aromatic carbocycles. The van der Waals surface area contributed by atoms with Crippen molar-refractivity contribution in [1.29, 1.82) is 0 Å². The molecule has 174 valence electrons. The highest BCUT2D eigenvalue weighted by Crippen LogP contribution is 2.33. The predicted octanol–water partition coefficient (Wildman–Crippen LogP) is 6.50. The zero-order valence-corrected chi connectivity index (χ0v) is 21.1. The lowest BCUT2D eigenvalue weighted by Gasteiger charge is -2.08. The van der Waals surface area contributed by atoms with Crippen molar-refractivity contribution < 1.29 is 4.79 Å². The summed E-state index contributed by atoms with van der Waals surface area (Å²) in [5.74, 6) is 0.701. The highest BCUT2D eigenvalue weighted by atomic mass is 32.2. The number of hydrogen-bond acceptors (Lipinski definition) is 8. The van der Waals surface area contributed by atoms with Gasteiger partial charge in [-0.1, -0.05) is 60.0 Å². The van der Waals surface area contributed by atoms with Crippen LogP contribution in [-0.2, 0) is 0 Å². The Morgan fingerprint density at radius 2 is 1.97 bits per heavy atom. The first-order valence-electron chi connectivity index (χ1n) is 10.8. The van der Waals surface area contributed by atoms with Crippen LogP contribution < -0.4 is 5.32 Å². The van der Waals surface area contributed by atoms with Crippen LogP contribution in [0, 0.1) is 0 Å². The number of aromatic amines is 1. The minimum Gasteiger partial charge on any atom is -0.296 e. The van der Waals surface area contributed by atoms with Crippen LogP contribution in [0.2, 0.25) is 0 Å². The van der Waals surface area contributed by atoms with Gasteiger partial charge in [-0.3, -0.25) is 20.2 Å². The van der Waals surface area contributed by atoms with Gasteiger partial charge in [-0.15, -0.1) is 10.2 Å². The molecule has 3 aromatic heterocycles. The van der Waals surface area contributed by atoms with Crippen molar-refractivity contribution in [3.8, 4) is 0 Å². The number of H-pyrrole nitrogens is 1. The molecule has 0 saturated heterocycles. The van der Waals surface area contributed by atoms with Gasteiger partial charge in [0, 0.05) is 21.4 Å². The van der Waals surface area contributed by atoms with Gasteiger partial charge in [0.05, 0.1) is 22.5 Å². The van der Waals surface area contributed by atoms with Gasteiger partial charge in [0.1, 0.15) is 0 Å². The van der Waals surface area contributed by atoms with E-state index in [0.29, 0.717) is 10.7 Å². The van der Waals surface area contributed by atoms with E-state index in [9.17, 15) is 4.79 Å². The Morgan fingerprint density at radius 3 is 2.83 bits per heavy atom. The zero-order valence-electron chi connectivity index (χ0n) is 18.6. The number of rotatable bonds is 8. The monoisotopic (exact) mass is 516 g/mol. The van der Waals surface area contributed by atoms with E-state index in [1.54, 1.807) is 18.0 Å². The number of hydrogen-bond donors (Lipinski definition) is 2. The van der Waals surface area contributed by atoms with Crippen LogP contribution >= 0.6 is 34.9 Å². The normalized spacial score (nSPS) is 11.3. The van der Waals surface area contributed by atoms with E-state index in [1.165, 1.54) is 23.1 Å². The maximum atomic E-state index is 13.0. The van der Waals surface area contributed by atoms with Crippen molar-refractivity contribution in [2.24, 2.45) is 0 Å². The first kappa shape index (κ1) is 23.3. The number of benzene rings is 2. The summed E-state index contributed by atoms with van der Waals surface area (Å²) in [6.45, 7) is 2.05. The highest BCUT2D eigenvalue weighted by Gasteiger charge is 2.15. The van der Waals surface area contributed by atoms with E-state index in [2.05, 4.69) is 37.6 Å². The van der Waals surface area contributed by atoms with Crippen LogP contribution in [0.3, 0.4) is 0 Å². The molecule has 0 aliphatic carbocycles. The number of fused-ring (bicyclic) bond motifs is 1. The molecule has 0 fully saturated rings. The van der Waals surface area contributed by atoms with Gasteiger partial charge in [0.2, 0.25) is 5.13 Å². The molecule has 0 aliphatic rings. The average molecular weight is 517 g/mol. The molecule has 5 aromatic rings. The van der Waals surface area contributed by atoms with E-state index in [0.717, 1.165) is 42.2 Å². The number of thioether (sulfide) groups is 1. The van der Waals surface area contributed by atoms with E-state index in [-0.39, 0.29) is 5.91 Å². The third-order valence-electron chi connectivity index (χ3n) is 4.92. The Labute approximate surface area is 214 Å². The highest BCUT2D eigenvalue weighted by molar-refractivity contribution is 8.01. The van der Waals surface area contributed by atoms with Crippen molar-refractivity contribution in [2.45, 2.75) is 21.1 Å². The fourth-order valence-electron chi connectivity index (χ4n) is 3.33. The molecule has 0 bridgehead atoms. The van der Waals surface area contributed by atoms with Crippen molar-refractivity contribution in [3.63, 3.8) is 0 Å². The van der Waals surface area contributed by atoms with Gasteiger partial charge in [0.25, 0.3) is 5.91 Å². The Bertz CT molecular complexity index is 1500. The molecule has 7 nitrogen and oxygen atoms in total. The van der Waals surface area contributed by atoms with Crippen molar-refractivity contribution in [3.05, 3.63) is 83.8 Å². The number of nitrogens with zero attached hydrogens (tertiary/aromatic N) is 4. The molecule has 0 radical (unpaired) electrons. The molecule has 0 saturated carbocycles. The zero-order chi connectivity index (χ0) is 24.0. The lowest BCUT2D eigenvalue weighted by molar-refractivity contribution is 0.102. The standard InChI is InChI=1S/C25H20N6OS3/c1-2-33-25-31-30-24(35-25)27-23(32)19-8-3-4-9-22(19)34-17-11-12-18-20(28-29-21(18)15-17)13-10-16-7-5-6-14-26-16/h3-15H,2H2,1H3,(H,28,29)(H,27,30,32)/b13-10+. The molecule has 35 heavy (non-hydrogen) atoms. The summed E-state index contributed by atoms with van der Waals surface area (Å²) < 4.78 is 0.840. The maximum absolute atomic E-state index is 13.0. The summed E-state index contributed by atoms with van der Waals surface area (Å²) in [6, 6.07) is 19.4. The molecule has 3 heterocycles. The van der Waals surface area contributed by atoms with Gasteiger partial charge in [-0.2, -0.15) is 5.10 Å². The fourth-order valence-corrected chi connectivity index (χ4v) is 5.95. The molecule has 0 unspecified atom stereocenters. The first-order chi connectivity index (χ1) is 17.2. The van der Waals surface area contributed by atoms with Crippen LogP contribution in [0.5, 0.6) is 0 Å². The maximum Gasteiger partial charge on any atom is 0.258 e. The van der Waals surface area contributed by atoms with Crippen LogP contribution in [0.4, 0.5) is 5.13 Å². The van der Waals surface area contributed by atoms with Crippen LogP contribution in [0.15, 0.2) is 81.0 Å². The Morgan fingerprint density at radius 1 is 1.09 bits per heavy atom. The van der Waals surface area contributed by atoms with Gasteiger partial charge in [-0.25, -0.2) is 0 Å². The molecule has 0 aliphatic heterocycles. The Balaban J connectivity index is 1.33. The quantitative estimate of drug-likeness (QED) is 0.180. The molecule has 1 amide bonds. The van der Waals surface area contributed by atoms with E-state index >= 15 is 0 Å². The molecule has 0 atom stereocenters. The topological polar surface area (TPSA) is 96.5 Å². The van der Waals surface area contributed by atoms with Crippen LogP contribution in [-0.4, -0.2) is 37.0 Å². The van der Waals surface area contributed by atoms with Gasteiger partial charge < -0.3 is 0 Å². The lowest BCUT2D eigenvalue weighted by Crippen LogP contribution is -2.12. The molecular weight excluding hydrogens is 497 g/mol. The molecule has 10 heteroatoms.